The summed E-state index contributed by atoms with van der Waals surface area (Å²) < 4.78 is 27.7. The highest BCUT2D eigenvalue weighted by molar-refractivity contribution is 7.91. The van der Waals surface area contributed by atoms with Crippen LogP contribution in [0.2, 0.25) is 0 Å². The highest BCUT2D eigenvalue weighted by atomic mass is 32.2. The van der Waals surface area contributed by atoms with Gasteiger partial charge in [0.1, 0.15) is 4.75 Å². The van der Waals surface area contributed by atoms with Crippen molar-refractivity contribution in [2.24, 2.45) is 0 Å². The van der Waals surface area contributed by atoms with Crippen LogP contribution < -0.4 is 5.73 Å². The Morgan fingerprint density at radius 3 is 2.53 bits per heavy atom. The molecular weight excluding hydrogens is 266 g/mol. The molecule has 0 aliphatic heterocycles. The quantitative estimate of drug-likeness (QED) is 0.917. The first-order chi connectivity index (χ1) is 8.75. The van der Waals surface area contributed by atoms with Gasteiger partial charge in [0.15, 0.2) is 21.4 Å². The van der Waals surface area contributed by atoms with E-state index < -0.39 is 14.6 Å². The Hall–Kier alpha value is -1.89. The Morgan fingerprint density at radius 2 is 2.00 bits per heavy atom. The summed E-state index contributed by atoms with van der Waals surface area (Å²) >= 11 is 0. The predicted octanol–water partition coefficient (Wildman–Crippen LogP) is 1.60. The summed E-state index contributed by atoms with van der Waals surface area (Å²) in [7, 11) is -3.39. The summed E-state index contributed by atoms with van der Waals surface area (Å²) in [6.07, 6.45) is 2.74. The van der Waals surface area contributed by atoms with Gasteiger partial charge in [0.2, 0.25) is 0 Å². The van der Waals surface area contributed by atoms with Gasteiger partial charge in [0.05, 0.1) is 11.3 Å². The fourth-order valence-electron chi connectivity index (χ4n) is 1.64. The molecule has 2 N–H and O–H groups in total. The number of nitrogens with zero attached hydrogens (tertiary/aromatic N) is 2. The number of hydrogen-bond donors (Lipinski definition) is 1. The SMILES string of the molecule is CC(C)(c1onc(N)c1-c1ccccn1)S(C)(=O)=O. The van der Waals surface area contributed by atoms with Gasteiger partial charge < -0.3 is 10.3 Å². The molecule has 0 fully saturated rings. The average Bonchev–Trinajstić information content (AvgIpc) is 2.71. The summed E-state index contributed by atoms with van der Waals surface area (Å²) in [4.78, 5) is 4.16. The minimum Gasteiger partial charge on any atom is -0.380 e. The maximum absolute atomic E-state index is 11.9. The van der Waals surface area contributed by atoms with Crippen LogP contribution in [0.5, 0.6) is 0 Å². The lowest BCUT2D eigenvalue weighted by Crippen LogP contribution is -2.28. The molecule has 6 nitrogen and oxygen atoms in total. The van der Waals surface area contributed by atoms with Crippen molar-refractivity contribution in [1.29, 1.82) is 0 Å². The van der Waals surface area contributed by atoms with Crippen LogP contribution in [0.25, 0.3) is 11.3 Å². The van der Waals surface area contributed by atoms with Gasteiger partial charge >= 0.3 is 0 Å². The molecule has 7 heteroatoms. The topological polar surface area (TPSA) is 99.1 Å². The number of nitrogens with two attached hydrogens (primary N) is 1. The molecular formula is C12H15N3O3S. The summed E-state index contributed by atoms with van der Waals surface area (Å²) in [6, 6.07) is 5.27. The first-order valence-corrected chi connectivity index (χ1v) is 7.51. The van der Waals surface area contributed by atoms with Gasteiger partial charge in [0.25, 0.3) is 0 Å². The van der Waals surface area contributed by atoms with Crippen molar-refractivity contribution >= 4 is 15.7 Å². The summed E-state index contributed by atoms with van der Waals surface area (Å²) in [5, 5.41) is 3.67. The highest BCUT2D eigenvalue weighted by Crippen LogP contribution is 2.38. The predicted molar refractivity (Wildman–Crippen MR) is 72.0 cm³/mol. The number of rotatable bonds is 3. The Labute approximate surface area is 111 Å². The van der Waals surface area contributed by atoms with Gasteiger partial charge in [-0.1, -0.05) is 11.2 Å². The van der Waals surface area contributed by atoms with E-state index in [0.717, 1.165) is 6.26 Å². The van der Waals surface area contributed by atoms with Gasteiger partial charge in [-0.05, 0) is 26.0 Å². The monoisotopic (exact) mass is 281 g/mol. The number of pyridine rings is 1. The lowest BCUT2D eigenvalue weighted by atomic mass is 10.0. The first-order valence-electron chi connectivity index (χ1n) is 5.62. The Morgan fingerprint density at radius 1 is 1.32 bits per heavy atom. The first kappa shape index (κ1) is 13.5. The van der Waals surface area contributed by atoms with Crippen LogP contribution in [0.15, 0.2) is 28.9 Å². The maximum Gasteiger partial charge on any atom is 0.176 e. The van der Waals surface area contributed by atoms with Gasteiger partial charge in [-0.2, -0.15) is 0 Å². The molecule has 0 atom stereocenters. The fraction of sp³-hybridized carbons (Fsp3) is 0.333. The fourth-order valence-corrected chi connectivity index (χ4v) is 2.12. The summed E-state index contributed by atoms with van der Waals surface area (Å²) in [5.74, 6) is 0.330. The van der Waals surface area contributed by atoms with E-state index in [0.29, 0.717) is 11.3 Å². The van der Waals surface area contributed by atoms with E-state index in [4.69, 9.17) is 10.3 Å². The number of nitrogen functional groups attached to an aromatic ring is 1. The molecule has 2 rings (SSSR count). The Bertz CT molecular complexity index is 690. The van der Waals surface area contributed by atoms with Crippen LogP contribution in [0.3, 0.4) is 0 Å². The zero-order valence-electron chi connectivity index (χ0n) is 10.9. The molecule has 0 spiro atoms. The van der Waals surface area contributed by atoms with Crippen molar-refractivity contribution in [1.82, 2.24) is 10.1 Å². The van der Waals surface area contributed by atoms with Gasteiger partial charge in [-0.15, -0.1) is 0 Å². The van der Waals surface area contributed by atoms with Crippen molar-refractivity contribution in [2.75, 3.05) is 12.0 Å². The van der Waals surface area contributed by atoms with Crippen molar-refractivity contribution in [3.05, 3.63) is 30.2 Å². The molecule has 0 unspecified atom stereocenters. The molecule has 19 heavy (non-hydrogen) atoms. The van der Waals surface area contributed by atoms with Crippen LogP contribution >= 0.6 is 0 Å². The molecule has 0 aromatic carbocycles. The van der Waals surface area contributed by atoms with Crippen molar-refractivity contribution in [3.63, 3.8) is 0 Å². The molecule has 0 amide bonds. The Kier molecular flexibility index (Phi) is 3.09. The molecule has 2 heterocycles. The third-order valence-electron chi connectivity index (χ3n) is 3.11. The van der Waals surface area contributed by atoms with Crippen LogP contribution in [0.1, 0.15) is 19.6 Å². The van der Waals surface area contributed by atoms with Crippen molar-refractivity contribution < 1.29 is 12.9 Å². The van der Waals surface area contributed by atoms with E-state index in [9.17, 15) is 8.42 Å². The lowest BCUT2D eigenvalue weighted by molar-refractivity contribution is 0.357. The van der Waals surface area contributed by atoms with Crippen LogP contribution in [0.4, 0.5) is 5.82 Å². The van der Waals surface area contributed by atoms with E-state index in [-0.39, 0.29) is 11.6 Å². The second-order valence-corrected chi connectivity index (χ2v) is 7.33. The Balaban J connectivity index is 2.70. The molecule has 102 valence electrons. The van der Waals surface area contributed by atoms with E-state index >= 15 is 0 Å². The highest BCUT2D eigenvalue weighted by Gasteiger charge is 2.40. The normalized spacial score (nSPS) is 12.6. The number of aromatic nitrogens is 2. The molecule has 0 bridgehead atoms. The van der Waals surface area contributed by atoms with Gasteiger partial charge in [-0.3, -0.25) is 4.98 Å². The van der Waals surface area contributed by atoms with Crippen molar-refractivity contribution in [3.8, 4) is 11.3 Å². The zero-order valence-corrected chi connectivity index (χ0v) is 11.7. The second-order valence-electron chi connectivity index (χ2n) is 4.77. The second kappa shape index (κ2) is 4.34. The van der Waals surface area contributed by atoms with Gasteiger partial charge in [-0.25, -0.2) is 8.42 Å². The smallest absolute Gasteiger partial charge is 0.176 e. The minimum absolute atomic E-state index is 0.130. The average molecular weight is 281 g/mol. The lowest BCUT2D eigenvalue weighted by Gasteiger charge is -2.20. The van der Waals surface area contributed by atoms with E-state index in [1.807, 2.05) is 0 Å². The van der Waals surface area contributed by atoms with Gasteiger partial charge in [0, 0.05) is 12.5 Å². The molecule has 0 saturated heterocycles. The third kappa shape index (κ3) is 2.21. The molecule has 0 saturated carbocycles. The number of hydrogen-bond acceptors (Lipinski definition) is 6. The standard InChI is InChI=1S/C12H15N3O3S/c1-12(2,19(3,16)17)10-9(11(13)15-18-10)8-6-4-5-7-14-8/h4-7H,1-3H3,(H2,13,15). The molecule has 0 radical (unpaired) electrons. The van der Waals surface area contributed by atoms with Crippen LogP contribution in [0, 0.1) is 0 Å². The van der Waals surface area contributed by atoms with E-state index in [1.54, 1.807) is 38.2 Å². The minimum atomic E-state index is -3.39. The molecule has 2 aromatic heterocycles. The van der Waals surface area contributed by atoms with Crippen molar-refractivity contribution in [2.45, 2.75) is 18.6 Å². The van der Waals surface area contributed by atoms with E-state index in [1.165, 1.54) is 0 Å². The van der Waals surface area contributed by atoms with E-state index in [2.05, 4.69) is 10.1 Å². The zero-order chi connectivity index (χ0) is 14.3. The van der Waals surface area contributed by atoms with Crippen LogP contribution in [-0.4, -0.2) is 24.8 Å². The third-order valence-corrected chi connectivity index (χ3v) is 5.15. The molecule has 0 aliphatic rings. The summed E-state index contributed by atoms with van der Waals surface area (Å²) in [6.45, 7) is 3.10. The molecule has 2 aromatic rings. The number of sulfone groups is 1. The maximum atomic E-state index is 11.9. The largest absolute Gasteiger partial charge is 0.380 e. The van der Waals surface area contributed by atoms with Crippen LogP contribution in [-0.2, 0) is 14.6 Å². The summed E-state index contributed by atoms with van der Waals surface area (Å²) in [5.41, 5.74) is 6.74. The number of anilines is 1. The molecule has 0 aliphatic carbocycles.